The van der Waals surface area contributed by atoms with Crippen LogP contribution in [0.3, 0.4) is 0 Å². The van der Waals surface area contributed by atoms with Gasteiger partial charge in [0.15, 0.2) is 0 Å². The Bertz CT molecular complexity index is 352. The zero-order valence-corrected chi connectivity index (χ0v) is 11.4. The largest absolute Gasteiger partial charge is 0.377 e. The summed E-state index contributed by atoms with van der Waals surface area (Å²) in [6.07, 6.45) is 2.51. The maximum Gasteiger partial charge on any atom is 0.0669 e. The van der Waals surface area contributed by atoms with Gasteiger partial charge in [-0.05, 0) is 37.5 Å². The smallest absolute Gasteiger partial charge is 0.0669 e. The van der Waals surface area contributed by atoms with Crippen molar-refractivity contribution in [3.8, 4) is 0 Å². The van der Waals surface area contributed by atoms with Crippen LogP contribution >= 0.6 is 11.8 Å². The van der Waals surface area contributed by atoms with Crippen LogP contribution in [-0.4, -0.2) is 18.0 Å². The Labute approximate surface area is 108 Å². The van der Waals surface area contributed by atoms with Crippen LogP contribution in [0, 0.1) is 0 Å². The molecule has 1 fully saturated rings. The molecular formula is C14H21NOS. The van der Waals surface area contributed by atoms with Crippen LogP contribution in [0.1, 0.15) is 38.3 Å². The SMILES string of the molecule is CC[C@@H](N)c1ccc(SC2CCOC2C)cc1. The average Bonchev–Trinajstić information content (AvgIpc) is 2.75. The van der Waals surface area contributed by atoms with E-state index in [1.807, 2.05) is 11.8 Å². The number of hydrogen-bond acceptors (Lipinski definition) is 3. The topological polar surface area (TPSA) is 35.2 Å². The predicted molar refractivity (Wildman–Crippen MR) is 73.3 cm³/mol. The third-order valence-corrected chi connectivity index (χ3v) is 4.81. The van der Waals surface area contributed by atoms with Crippen LogP contribution < -0.4 is 5.73 Å². The van der Waals surface area contributed by atoms with Crippen LogP contribution in [0.2, 0.25) is 0 Å². The molecule has 0 radical (unpaired) electrons. The number of nitrogens with two attached hydrogens (primary N) is 1. The maximum atomic E-state index is 6.00. The monoisotopic (exact) mass is 251 g/mol. The fourth-order valence-electron chi connectivity index (χ4n) is 2.07. The van der Waals surface area contributed by atoms with Crippen LogP contribution in [0.15, 0.2) is 29.2 Å². The second kappa shape index (κ2) is 5.89. The van der Waals surface area contributed by atoms with E-state index in [4.69, 9.17) is 10.5 Å². The summed E-state index contributed by atoms with van der Waals surface area (Å²) < 4.78 is 5.58. The van der Waals surface area contributed by atoms with Crippen molar-refractivity contribution < 1.29 is 4.74 Å². The number of hydrogen-bond donors (Lipinski definition) is 1. The summed E-state index contributed by atoms with van der Waals surface area (Å²) in [5.41, 5.74) is 7.23. The van der Waals surface area contributed by atoms with Crippen LogP contribution in [0.25, 0.3) is 0 Å². The van der Waals surface area contributed by atoms with Gasteiger partial charge in [-0.2, -0.15) is 0 Å². The van der Waals surface area contributed by atoms with E-state index in [2.05, 4.69) is 38.1 Å². The van der Waals surface area contributed by atoms with E-state index < -0.39 is 0 Å². The molecule has 1 aromatic carbocycles. The van der Waals surface area contributed by atoms with Crippen LogP contribution in [-0.2, 0) is 4.74 Å². The lowest BCUT2D eigenvalue weighted by atomic mass is 10.1. The standard InChI is InChI=1S/C14H21NOS/c1-3-13(15)11-4-6-12(7-5-11)17-14-8-9-16-10(14)2/h4-7,10,13-14H,3,8-9,15H2,1-2H3/t10?,13-,14?/m1/s1. The third kappa shape index (κ3) is 3.24. The lowest BCUT2D eigenvalue weighted by Crippen LogP contribution is -2.13. The minimum atomic E-state index is 0.169. The van der Waals surface area contributed by atoms with Crippen molar-refractivity contribution in [2.24, 2.45) is 5.73 Å². The van der Waals surface area contributed by atoms with E-state index >= 15 is 0 Å². The molecule has 0 aromatic heterocycles. The molecule has 2 unspecified atom stereocenters. The van der Waals surface area contributed by atoms with Gasteiger partial charge in [0.25, 0.3) is 0 Å². The van der Waals surface area contributed by atoms with Gasteiger partial charge in [-0.3, -0.25) is 0 Å². The summed E-state index contributed by atoms with van der Waals surface area (Å²) in [6.45, 7) is 5.18. The van der Waals surface area contributed by atoms with E-state index in [9.17, 15) is 0 Å². The van der Waals surface area contributed by atoms with E-state index in [1.165, 1.54) is 10.5 Å². The second-order valence-electron chi connectivity index (χ2n) is 4.60. The molecule has 1 saturated heterocycles. The molecule has 3 atom stereocenters. The average molecular weight is 251 g/mol. The molecule has 3 heteroatoms. The highest BCUT2D eigenvalue weighted by Crippen LogP contribution is 2.32. The van der Waals surface area contributed by atoms with Crippen LogP contribution in [0.4, 0.5) is 0 Å². The lowest BCUT2D eigenvalue weighted by molar-refractivity contribution is 0.127. The Morgan fingerprint density at radius 2 is 2.12 bits per heavy atom. The van der Waals surface area contributed by atoms with Gasteiger partial charge < -0.3 is 10.5 Å². The first-order valence-corrected chi connectivity index (χ1v) is 7.22. The highest BCUT2D eigenvalue weighted by atomic mass is 32.2. The first-order chi connectivity index (χ1) is 8.20. The van der Waals surface area contributed by atoms with Crippen LogP contribution in [0.5, 0.6) is 0 Å². The molecule has 0 spiro atoms. The Kier molecular flexibility index (Phi) is 4.48. The van der Waals surface area contributed by atoms with E-state index in [-0.39, 0.29) is 6.04 Å². The highest BCUT2D eigenvalue weighted by Gasteiger charge is 2.24. The van der Waals surface area contributed by atoms with Gasteiger partial charge in [-0.25, -0.2) is 0 Å². The van der Waals surface area contributed by atoms with E-state index in [0.29, 0.717) is 11.4 Å². The maximum absolute atomic E-state index is 6.00. The zero-order valence-electron chi connectivity index (χ0n) is 10.6. The summed E-state index contributed by atoms with van der Waals surface area (Å²) in [6, 6.07) is 8.83. The normalized spacial score (nSPS) is 26.1. The Hall–Kier alpha value is -0.510. The highest BCUT2D eigenvalue weighted by molar-refractivity contribution is 8.00. The molecule has 2 rings (SSSR count). The number of rotatable bonds is 4. The molecule has 2 nitrogen and oxygen atoms in total. The first-order valence-electron chi connectivity index (χ1n) is 6.34. The molecule has 0 amide bonds. The third-order valence-electron chi connectivity index (χ3n) is 3.34. The molecule has 17 heavy (non-hydrogen) atoms. The Balaban J connectivity index is 1.98. The number of thioether (sulfide) groups is 1. The fraction of sp³-hybridized carbons (Fsp3) is 0.571. The van der Waals surface area contributed by atoms with Gasteiger partial charge >= 0.3 is 0 Å². The van der Waals surface area contributed by atoms with Crippen molar-refractivity contribution in [3.63, 3.8) is 0 Å². The molecule has 94 valence electrons. The van der Waals surface area contributed by atoms with Crippen molar-refractivity contribution in [2.75, 3.05) is 6.61 Å². The summed E-state index contributed by atoms with van der Waals surface area (Å²) in [4.78, 5) is 1.32. The van der Waals surface area contributed by atoms with E-state index in [1.54, 1.807) is 0 Å². The minimum absolute atomic E-state index is 0.169. The first kappa shape index (κ1) is 12.9. The molecule has 1 aliphatic heterocycles. The quantitative estimate of drug-likeness (QED) is 0.891. The molecule has 1 heterocycles. The molecule has 0 aliphatic carbocycles. The predicted octanol–water partition coefficient (Wildman–Crippen LogP) is 3.37. The molecule has 0 bridgehead atoms. The zero-order chi connectivity index (χ0) is 12.3. The van der Waals surface area contributed by atoms with Crippen molar-refractivity contribution in [3.05, 3.63) is 29.8 Å². The summed E-state index contributed by atoms with van der Waals surface area (Å²) in [5.74, 6) is 0. The molecular weight excluding hydrogens is 230 g/mol. The van der Waals surface area contributed by atoms with Gasteiger partial charge in [0.1, 0.15) is 0 Å². The molecule has 2 N–H and O–H groups in total. The van der Waals surface area contributed by atoms with E-state index in [0.717, 1.165) is 19.4 Å². The van der Waals surface area contributed by atoms with Gasteiger partial charge in [0.2, 0.25) is 0 Å². The Morgan fingerprint density at radius 3 is 2.65 bits per heavy atom. The summed E-state index contributed by atoms with van der Waals surface area (Å²) >= 11 is 1.92. The molecule has 0 saturated carbocycles. The van der Waals surface area contributed by atoms with Crippen molar-refractivity contribution in [1.29, 1.82) is 0 Å². The van der Waals surface area contributed by atoms with Crippen molar-refractivity contribution in [1.82, 2.24) is 0 Å². The summed E-state index contributed by atoms with van der Waals surface area (Å²) in [5, 5.41) is 0.598. The molecule has 1 aromatic rings. The number of benzene rings is 1. The van der Waals surface area contributed by atoms with Gasteiger partial charge in [-0.15, -0.1) is 11.8 Å². The van der Waals surface area contributed by atoms with Gasteiger partial charge in [-0.1, -0.05) is 19.1 Å². The fourth-order valence-corrected chi connectivity index (χ4v) is 3.20. The van der Waals surface area contributed by atoms with Crippen molar-refractivity contribution in [2.45, 2.75) is 49.0 Å². The number of ether oxygens (including phenoxy) is 1. The van der Waals surface area contributed by atoms with Gasteiger partial charge in [0, 0.05) is 22.8 Å². The Morgan fingerprint density at radius 1 is 1.41 bits per heavy atom. The van der Waals surface area contributed by atoms with Crippen molar-refractivity contribution >= 4 is 11.8 Å². The summed E-state index contributed by atoms with van der Waals surface area (Å²) in [7, 11) is 0. The second-order valence-corrected chi connectivity index (χ2v) is 5.92. The van der Waals surface area contributed by atoms with Gasteiger partial charge in [0.05, 0.1) is 6.10 Å². The minimum Gasteiger partial charge on any atom is -0.377 e. The lowest BCUT2D eigenvalue weighted by Gasteiger charge is -2.14. The molecule has 1 aliphatic rings.